The first kappa shape index (κ1) is 22.1. The average Bonchev–Trinajstić information content (AvgIpc) is 3.05. The SMILES string of the molecule is CC(C)=CCC[C@@]1(C)C(=O)CC[C@]2(C)[C@@H]1[C@H](O)C=C(C)[C@@]21Cc2c(cc(C)oc2=O)O1. The molecule has 4 rings (SSSR count). The van der Waals surface area contributed by atoms with Crippen LogP contribution in [0.4, 0.5) is 0 Å². The fourth-order valence-electron chi connectivity index (χ4n) is 6.66. The van der Waals surface area contributed by atoms with Crippen molar-refractivity contribution in [1.29, 1.82) is 0 Å². The molecular weight excluding hydrogens is 392 g/mol. The molecule has 5 heteroatoms. The number of hydrogen-bond acceptors (Lipinski definition) is 5. The topological polar surface area (TPSA) is 76.7 Å². The molecule has 1 spiro atoms. The Morgan fingerprint density at radius 1 is 1.26 bits per heavy atom. The Kier molecular flexibility index (Phi) is 5.12. The second-order valence-corrected chi connectivity index (χ2v) is 10.5. The summed E-state index contributed by atoms with van der Waals surface area (Å²) >= 11 is 0. The summed E-state index contributed by atoms with van der Waals surface area (Å²) in [5.41, 5.74) is 0.414. The highest BCUT2D eigenvalue weighted by molar-refractivity contribution is 5.86. The van der Waals surface area contributed by atoms with E-state index in [-0.39, 0.29) is 17.3 Å². The Morgan fingerprint density at radius 3 is 2.65 bits per heavy atom. The molecule has 0 aromatic carbocycles. The molecule has 5 atom stereocenters. The number of allylic oxidation sites excluding steroid dienone is 2. The number of carbonyl (C=O) groups is 1. The molecule has 5 nitrogen and oxygen atoms in total. The van der Waals surface area contributed by atoms with E-state index in [4.69, 9.17) is 9.15 Å². The van der Waals surface area contributed by atoms with Crippen LogP contribution in [0, 0.1) is 23.7 Å². The first-order chi connectivity index (χ1) is 14.4. The lowest BCUT2D eigenvalue weighted by atomic mass is 9.44. The molecule has 31 heavy (non-hydrogen) atoms. The Labute approximate surface area is 184 Å². The lowest BCUT2D eigenvalue weighted by Gasteiger charge is -2.61. The molecule has 1 N–H and O–H groups in total. The minimum Gasteiger partial charge on any atom is -0.481 e. The molecular formula is C26H34O5. The van der Waals surface area contributed by atoms with Crippen molar-refractivity contribution in [3.8, 4) is 5.75 Å². The summed E-state index contributed by atoms with van der Waals surface area (Å²) in [6.07, 6.45) is 6.24. The van der Waals surface area contributed by atoms with Crippen LogP contribution >= 0.6 is 0 Å². The Bertz CT molecular complexity index is 1040. The van der Waals surface area contributed by atoms with Crippen LogP contribution in [0.1, 0.15) is 71.6 Å². The molecule has 3 aliphatic rings. The van der Waals surface area contributed by atoms with Crippen LogP contribution in [0.3, 0.4) is 0 Å². The highest BCUT2D eigenvalue weighted by Gasteiger charge is 2.68. The van der Waals surface area contributed by atoms with Gasteiger partial charge in [-0.15, -0.1) is 0 Å². The van der Waals surface area contributed by atoms with E-state index in [1.807, 2.05) is 19.9 Å². The van der Waals surface area contributed by atoms with Crippen molar-refractivity contribution in [2.24, 2.45) is 16.7 Å². The maximum Gasteiger partial charge on any atom is 0.343 e. The fraction of sp³-hybridized carbons (Fsp3) is 0.615. The molecule has 1 aromatic rings. The third kappa shape index (κ3) is 3.07. The molecule has 0 amide bonds. The van der Waals surface area contributed by atoms with Crippen LogP contribution in [0.15, 0.2) is 38.6 Å². The number of ether oxygens (including phenoxy) is 1. The summed E-state index contributed by atoms with van der Waals surface area (Å²) in [7, 11) is 0. The van der Waals surface area contributed by atoms with Crippen LogP contribution in [-0.4, -0.2) is 22.6 Å². The second kappa shape index (κ2) is 7.19. The lowest BCUT2D eigenvalue weighted by molar-refractivity contribution is -0.174. The van der Waals surface area contributed by atoms with Crippen LogP contribution in [0.2, 0.25) is 0 Å². The van der Waals surface area contributed by atoms with Gasteiger partial charge in [-0.1, -0.05) is 31.6 Å². The third-order valence-electron chi connectivity index (χ3n) is 8.26. The van der Waals surface area contributed by atoms with E-state index in [2.05, 4.69) is 26.8 Å². The van der Waals surface area contributed by atoms with Crippen molar-refractivity contribution in [2.75, 3.05) is 0 Å². The first-order valence-electron chi connectivity index (χ1n) is 11.3. The zero-order valence-electron chi connectivity index (χ0n) is 19.5. The zero-order chi connectivity index (χ0) is 22.8. The molecule has 168 valence electrons. The molecule has 0 unspecified atom stereocenters. The van der Waals surface area contributed by atoms with Gasteiger partial charge in [0.15, 0.2) is 0 Å². The van der Waals surface area contributed by atoms with E-state index in [1.165, 1.54) is 5.57 Å². The average molecular weight is 427 g/mol. The third-order valence-corrected chi connectivity index (χ3v) is 8.26. The molecule has 1 saturated carbocycles. The van der Waals surface area contributed by atoms with Crippen LogP contribution in [-0.2, 0) is 11.2 Å². The fourth-order valence-corrected chi connectivity index (χ4v) is 6.66. The number of carbonyl (C=O) groups excluding carboxylic acids is 1. The number of fused-ring (bicyclic) bond motifs is 3. The lowest BCUT2D eigenvalue weighted by Crippen LogP contribution is -2.67. The summed E-state index contributed by atoms with van der Waals surface area (Å²) in [6, 6.07) is 1.78. The van der Waals surface area contributed by atoms with E-state index in [0.717, 1.165) is 12.0 Å². The maximum atomic E-state index is 13.3. The Morgan fingerprint density at radius 2 is 1.97 bits per heavy atom. The summed E-state index contributed by atoms with van der Waals surface area (Å²) < 4.78 is 12.0. The maximum absolute atomic E-state index is 13.3. The number of Topliss-reactive ketones (excluding diaryl/α,β-unsaturated/α-hetero) is 1. The number of rotatable bonds is 3. The molecule has 2 heterocycles. The van der Waals surface area contributed by atoms with Gasteiger partial charge < -0.3 is 14.3 Å². The number of aryl methyl sites for hydroxylation is 1. The predicted molar refractivity (Wildman–Crippen MR) is 119 cm³/mol. The zero-order valence-corrected chi connectivity index (χ0v) is 19.5. The number of ketones is 1. The predicted octanol–water partition coefficient (Wildman–Crippen LogP) is 4.68. The largest absolute Gasteiger partial charge is 0.481 e. The minimum atomic E-state index is -0.764. The highest BCUT2D eigenvalue weighted by atomic mass is 16.5. The van der Waals surface area contributed by atoms with Gasteiger partial charge in [0.05, 0.1) is 11.7 Å². The van der Waals surface area contributed by atoms with E-state index < -0.39 is 22.5 Å². The van der Waals surface area contributed by atoms with Crippen LogP contribution < -0.4 is 10.4 Å². The smallest absolute Gasteiger partial charge is 0.343 e. The number of aliphatic hydroxyl groups excluding tert-OH is 1. The normalized spacial score (nSPS) is 36.5. The molecule has 0 radical (unpaired) electrons. The van der Waals surface area contributed by atoms with Crippen molar-refractivity contribution in [1.82, 2.24) is 0 Å². The number of hydrogen-bond donors (Lipinski definition) is 1. The number of aliphatic hydroxyl groups is 1. The quantitative estimate of drug-likeness (QED) is 0.710. The van der Waals surface area contributed by atoms with Crippen molar-refractivity contribution < 1.29 is 19.1 Å². The Hall–Kier alpha value is -2.14. The van der Waals surface area contributed by atoms with Crippen LogP contribution in [0.25, 0.3) is 0 Å². The van der Waals surface area contributed by atoms with E-state index >= 15 is 0 Å². The molecule has 2 aliphatic carbocycles. The summed E-state index contributed by atoms with van der Waals surface area (Å²) in [6.45, 7) is 12.0. The van der Waals surface area contributed by atoms with Gasteiger partial charge in [0.25, 0.3) is 0 Å². The minimum absolute atomic E-state index is 0.213. The van der Waals surface area contributed by atoms with Gasteiger partial charge in [0, 0.05) is 35.7 Å². The van der Waals surface area contributed by atoms with E-state index in [1.54, 1.807) is 13.0 Å². The van der Waals surface area contributed by atoms with Crippen molar-refractivity contribution >= 4 is 5.78 Å². The van der Waals surface area contributed by atoms with Gasteiger partial charge in [-0.2, -0.15) is 0 Å². The van der Waals surface area contributed by atoms with Gasteiger partial charge >= 0.3 is 5.63 Å². The summed E-state index contributed by atoms with van der Waals surface area (Å²) in [4.78, 5) is 25.9. The second-order valence-electron chi connectivity index (χ2n) is 10.5. The van der Waals surface area contributed by atoms with E-state index in [0.29, 0.717) is 42.8 Å². The first-order valence-corrected chi connectivity index (χ1v) is 11.3. The molecule has 1 fully saturated rings. The van der Waals surface area contributed by atoms with Gasteiger partial charge in [-0.25, -0.2) is 4.79 Å². The molecule has 0 saturated heterocycles. The van der Waals surface area contributed by atoms with Crippen molar-refractivity contribution in [2.45, 2.75) is 85.4 Å². The van der Waals surface area contributed by atoms with Gasteiger partial charge in [-0.3, -0.25) is 4.79 Å². The summed E-state index contributed by atoms with van der Waals surface area (Å²) in [5, 5.41) is 11.3. The van der Waals surface area contributed by atoms with Crippen molar-refractivity contribution in [3.63, 3.8) is 0 Å². The molecule has 1 aliphatic heterocycles. The van der Waals surface area contributed by atoms with E-state index in [9.17, 15) is 14.7 Å². The van der Waals surface area contributed by atoms with Crippen LogP contribution in [0.5, 0.6) is 5.75 Å². The highest BCUT2D eigenvalue weighted by Crippen LogP contribution is 2.64. The van der Waals surface area contributed by atoms with Gasteiger partial charge in [0.2, 0.25) is 0 Å². The molecule has 1 aromatic heterocycles. The standard InChI is InChI=1S/C26H34O5/c1-15(2)8-7-10-24(5)21(28)9-11-25(6)22(24)19(27)12-16(3)26(25)14-18-20(31-26)13-17(4)30-23(18)29/h8,12-13,19,22,27H,7,9-11,14H2,1-6H3/t19-,22-,24+,25-,26+/m1/s1. The molecule has 0 bridgehead atoms. The Balaban J connectivity index is 1.83. The summed E-state index contributed by atoms with van der Waals surface area (Å²) in [5.74, 6) is 1.01. The monoisotopic (exact) mass is 426 g/mol. The van der Waals surface area contributed by atoms with Gasteiger partial charge in [-0.05, 0) is 52.5 Å². The van der Waals surface area contributed by atoms with Gasteiger partial charge in [0.1, 0.15) is 22.9 Å². The van der Waals surface area contributed by atoms with Crippen molar-refractivity contribution in [3.05, 3.63) is 51.1 Å².